The lowest BCUT2D eigenvalue weighted by Gasteiger charge is -2.30. The highest BCUT2D eigenvalue weighted by Crippen LogP contribution is 2.56. The van der Waals surface area contributed by atoms with Crippen LogP contribution in [0.5, 0.6) is 0 Å². The molecule has 0 bridgehead atoms. The zero-order valence-corrected chi connectivity index (χ0v) is 48.7. The van der Waals surface area contributed by atoms with E-state index in [-0.39, 0.29) is 11.6 Å². The summed E-state index contributed by atoms with van der Waals surface area (Å²) in [6, 6.07) is 98.2. The average Bonchev–Trinajstić information content (AvgIpc) is 1.59. The summed E-state index contributed by atoms with van der Waals surface area (Å²) in [5.41, 5.74) is 17.6. The number of fused-ring (bicyclic) bond motifs is 13. The molecule has 0 saturated heterocycles. The van der Waals surface area contributed by atoms with E-state index in [9.17, 15) is 0 Å². The number of hydrogen-bond acceptors (Lipinski definition) is 4. The zero-order valence-electron chi connectivity index (χ0n) is 48.7. The van der Waals surface area contributed by atoms with E-state index in [4.69, 9.17) is 8.83 Å². The fraction of sp³-hybridized carbons (Fsp3) is 0.0361. The average molecular weight is 1150 g/mol. The number of hydrogen-bond donors (Lipinski definition) is 0. The molecule has 422 valence electrons. The molecule has 4 nitrogen and oxygen atoms in total. The molecule has 0 spiro atoms. The second-order valence-electron chi connectivity index (χ2n) is 23.8. The van der Waals surface area contributed by atoms with Gasteiger partial charge in [0.2, 0.25) is 0 Å². The van der Waals surface area contributed by atoms with Crippen LogP contribution in [-0.4, -0.2) is 0 Å². The maximum atomic E-state index is 18.0. The SMILES string of the molecule is CC1(C)c2c(ccc3cc(N(c4c(F)cc(-c5ccccc5)cc4-c4ccccc4)c4cccc5c4oc4ccccc45)ccc23)-c2ccc3cc(N(c4c(F)cc(-c5ccccc5)cc4-c4ccccc4)c4cccc5c4oc4ccccc45)ccc3c21. The van der Waals surface area contributed by atoms with Crippen LogP contribution in [0.2, 0.25) is 0 Å². The van der Waals surface area contributed by atoms with E-state index in [1.165, 1.54) is 22.3 Å². The Hall–Kier alpha value is -11.3. The normalized spacial score (nSPS) is 12.6. The molecule has 0 aliphatic heterocycles. The summed E-state index contributed by atoms with van der Waals surface area (Å²) in [4.78, 5) is 4.11. The zero-order chi connectivity index (χ0) is 59.5. The van der Waals surface area contributed by atoms with Crippen molar-refractivity contribution in [1.29, 1.82) is 0 Å². The van der Waals surface area contributed by atoms with Gasteiger partial charge in [0, 0.05) is 49.5 Å². The molecule has 0 fully saturated rings. The van der Waals surface area contributed by atoms with Crippen LogP contribution in [0.1, 0.15) is 25.0 Å². The van der Waals surface area contributed by atoms with Gasteiger partial charge in [-0.25, -0.2) is 8.78 Å². The van der Waals surface area contributed by atoms with Gasteiger partial charge in [0.25, 0.3) is 0 Å². The van der Waals surface area contributed by atoms with Gasteiger partial charge in [-0.1, -0.05) is 232 Å². The second kappa shape index (κ2) is 20.4. The predicted molar refractivity (Wildman–Crippen MR) is 365 cm³/mol. The minimum atomic E-state index is -0.481. The third kappa shape index (κ3) is 8.32. The van der Waals surface area contributed by atoms with Crippen molar-refractivity contribution in [2.75, 3.05) is 9.80 Å². The molecule has 0 unspecified atom stereocenters. The van der Waals surface area contributed by atoms with Gasteiger partial charge in [-0.15, -0.1) is 0 Å². The molecule has 0 N–H and O–H groups in total. The highest BCUT2D eigenvalue weighted by atomic mass is 19.1. The third-order valence-electron chi connectivity index (χ3n) is 18.3. The second-order valence-corrected chi connectivity index (χ2v) is 23.8. The Morgan fingerprint density at radius 2 is 0.663 bits per heavy atom. The first kappa shape index (κ1) is 52.0. The van der Waals surface area contributed by atoms with Crippen molar-refractivity contribution in [2.45, 2.75) is 19.3 Å². The highest BCUT2D eigenvalue weighted by molar-refractivity contribution is 6.14. The molecule has 1 aliphatic rings. The Morgan fingerprint density at radius 1 is 0.292 bits per heavy atom. The Balaban J connectivity index is 0.833. The molecule has 2 heterocycles. The molecule has 0 radical (unpaired) electrons. The van der Waals surface area contributed by atoms with Crippen LogP contribution >= 0.6 is 0 Å². The molecule has 6 heteroatoms. The summed E-state index contributed by atoms with van der Waals surface area (Å²) < 4.78 is 49.6. The van der Waals surface area contributed by atoms with Crippen molar-refractivity contribution in [2.24, 2.45) is 0 Å². The van der Waals surface area contributed by atoms with E-state index in [1.54, 1.807) is 12.1 Å². The van der Waals surface area contributed by atoms with E-state index in [0.29, 0.717) is 22.5 Å². The standard InChI is InChI=1S/C83H54F2N2O2/c1-83(2)77-61-43-39-59(86(73-33-19-31-67-63-29-15-17-35-75(63)88-81(67)73)79-69(53-25-11-5-12-26-53)47-57(49-71(79)84)51-21-7-3-8-22-51)45-55(61)37-41-65(77)66-42-38-56-46-60(40-44-62(56)78(66)83)87(74-34-20-32-68-64-30-16-18-36-76(64)89-82(68)74)80-70(54-27-13-6-14-28-54)48-58(50-72(80)85)52-23-9-4-10-24-52/h3-50H,1-2H3. The van der Waals surface area contributed by atoms with Crippen LogP contribution in [0.25, 0.3) is 121 Å². The number of anilines is 6. The summed E-state index contributed by atoms with van der Waals surface area (Å²) >= 11 is 0. The molecule has 1 aliphatic carbocycles. The molecular weight excluding hydrogens is 1090 g/mol. The summed E-state index contributed by atoms with van der Waals surface area (Å²) in [6.45, 7) is 4.65. The molecule has 0 atom stereocenters. The van der Waals surface area contributed by atoms with Crippen molar-refractivity contribution >= 4 is 99.5 Å². The summed E-state index contributed by atoms with van der Waals surface area (Å²) in [5, 5.41) is 8.12. The number of halogens is 2. The first-order valence-corrected chi connectivity index (χ1v) is 30.2. The molecule has 17 rings (SSSR count). The summed E-state index contributed by atoms with van der Waals surface area (Å²) in [7, 11) is 0. The molecule has 89 heavy (non-hydrogen) atoms. The predicted octanol–water partition coefficient (Wildman–Crippen LogP) is 24.0. The molecule has 16 aromatic rings. The highest BCUT2D eigenvalue weighted by Gasteiger charge is 2.39. The first-order valence-electron chi connectivity index (χ1n) is 30.2. The molecular formula is C83H54F2N2O2. The van der Waals surface area contributed by atoms with Crippen LogP contribution in [-0.2, 0) is 5.41 Å². The quantitative estimate of drug-likeness (QED) is 0.137. The fourth-order valence-electron chi connectivity index (χ4n) is 14.3. The minimum absolute atomic E-state index is 0.364. The number of furan rings is 2. The van der Waals surface area contributed by atoms with Gasteiger partial charge in [-0.3, -0.25) is 0 Å². The van der Waals surface area contributed by atoms with Gasteiger partial charge >= 0.3 is 0 Å². The fourth-order valence-corrected chi connectivity index (χ4v) is 14.3. The van der Waals surface area contributed by atoms with E-state index in [1.807, 2.05) is 182 Å². The van der Waals surface area contributed by atoms with Crippen molar-refractivity contribution in [3.8, 4) is 55.6 Å². The molecule has 0 amide bonds. The third-order valence-corrected chi connectivity index (χ3v) is 18.3. The van der Waals surface area contributed by atoms with Crippen molar-refractivity contribution in [3.05, 3.63) is 314 Å². The van der Waals surface area contributed by atoms with Gasteiger partial charge in [0.15, 0.2) is 11.2 Å². The Morgan fingerprint density at radius 3 is 1.08 bits per heavy atom. The Kier molecular flexibility index (Phi) is 11.9. The number of benzene rings is 14. The minimum Gasteiger partial charge on any atom is -0.454 e. The van der Waals surface area contributed by atoms with Crippen LogP contribution in [0, 0.1) is 11.6 Å². The lowest BCUT2D eigenvalue weighted by molar-refractivity contribution is 0.629. The van der Waals surface area contributed by atoms with Crippen LogP contribution in [0.4, 0.5) is 42.9 Å². The monoisotopic (exact) mass is 1150 g/mol. The largest absolute Gasteiger partial charge is 0.454 e. The number of nitrogens with zero attached hydrogens (tertiary/aromatic N) is 2. The van der Waals surface area contributed by atoms with Crippen LogP contribution in [0.15, 0.2) is 300 Å². The topological polar surface area (TPSA) is 32.8 Å². The van der Waals surface area contributed by atoms with Gasteiger partial charge < -0.3 is 18.6 Å². The smallest absolute Gasteiger partial charge is 0.159 e. The lowest BCUT2D eigenvalue weighted by atomic mass is 9.78. The summed E-state index contributed by atoms with van der Waals surface area (Å²) in [5.74, 6) is -0.729. The van der Waals surface area contributed by atoms with Crippen molar-refractivity contribution in [3.63, 3.8) is 0 Å². The first-order chi connectivity index (χ1) is 43.7. The Labute approximate surface area is 513 Å². The molecule has 0 saturated carbocycles. The van der Waals surface area contributed by atoms with Crippen molar-refractivity contribution in [1.82, 2.24) is 0 Å². The lowest BCUT2D eigenvalue weighted by Crippen LogP contribution is -2.17. The maximum Gasteiger partial charge on any atom is 0.159 e. The van der Waals surface area contributed by atoms with Crippen molar-refractivity contribution < 1.29 is 17.6 Å². The molecule has 2 aromatic heterocycles. The van der Waals surface area contributed by atoms with E-state index in [2.05, 4.69) is 121 Å². The van der Waals surface area contributed by atoms with E-state index >= 15 is 8.78 Å². The molecule has 14 aromatic carbocycles. The number of rotatable bonds is 10. The van der Waals surface area contributed by atoms with Gasteiger partial charge in [-0.2, -0.15) is 0 Å². The van der Waals surface area contributed by atoms with Gasteiger partial charge in [-0.05, 0) is 150 Å². The van der Waals surface area contributed by atoms with Gasteiger partial charge in [0.1, 0.15) is 22.8 Å². The van der Waals surface area contributed by atoms with E-state index in [0.717, 1.165) is 122 Å². The summed E-state index contributed by atoms with van der Waals surface area (Å²) in [6.07, 6.45) is 0. The number of para-hydroxylation sites is 4. The van der Waals surface area contributed by atoms with Crippen LogP contribution in [0.3, 0.4) is 0 Å². The van der Waals surface area contributed by atoms with E-state index < -0.39 is 5.41 Å². The Bertz CT molecular complexity index is 5160. The van der Waals surface area contributed by atoms with Crippen LogP contribution < -0.4 is 9.80 Å². The maximum absolute atomic E-state index is 18.0. The van der Waals surface area contributed by atoms with Gasteiger partial charge in [0.05, 0.1) is 22.7 Å².